The molecule has 5 nitrogen and oxygen atoms in total. The summed E-state index contributed by atoms with van der Waals surface area (Å²) in [4.78, 5) is 21.9. The zero-order chi connectivity index (χ0) is 27.4. The minimum absolute atomic E-state index is 0.237. The summed E-state index contributed by atoms with van der Waals surface area (Å²) >= 11 is 0. The average Bonchev–Trinajstić information content (AvgIpc) is 2.90. The molecule has 0 atom stereocenters. The van der Waals surface area contributed by atoms with Crippen LogP contribution in [0.1, 0.15) is 62.2 Å². The SMILES string of the molecule is CCCCCCCCOc1ccc(-c2ccc(-c3cc(OCCC[Si](C)(C)O)ccc3C(=O)O)cc2)cc1. The Balaban J connectivity index is 1.62. The molecule has 0 amide bonds. The lowest BCUT2D eigenvalue weighted by molar-refractivity contribution is 0.0697. The van der Waals surface area contributed by atoms with Gasteiger partial charge in [0.15, 0.2) is 8.32 Å². The molecule has 204 valence electrons. The molecule has 6 heteroatoms. The molecule has 0 saturated carbocycles. The van der Waals surface area contributed by atoms with Crippen molar-refractivity contribution in [2.75, 3.05) is 13.2 Å². The second kappa shape index (κ2) is 14.7. The molecule has 0 aromatic heterocycles. The minimum Gasteiger partial charge on any atom is -0.494 e. The van der Waals surface area contributed by atoms with Crippen LogP contribution in [0.25, 0.3) is 22.3 Å². The van der Waals surface area contributed by atoms with E-state index < -0.39 is 14.3 Å². The first-order chi connectivity index (χ1) is 18.3. The number of carboxylic acid groups (broad SMARTS) is 1. The van der Waals surface area contributed by atoms with Gasteiger partial charge in [0.25, 0.3) is 0 Å². The van der Waals surface area contributed by atoms with E-state index in [1.54, 1.807) is 18.2 Å². The molecule has 0 spiro atoms. The number of ether oxygens (including phenoxy) is 2. The normalized spacial score (nSPS) is 11.4. The van der Waals surface area contributed by atoms with E-state index in [2.05, 4.69) is 19.1 Å². The molecule has 0 saturated heterocycles. The molecule has 38 heavy (non-hydrogen) atoms. The van der Waals surface area contributed by atoms with Crippen LogP contribution in [-0.2, 0) is 0 Å². The molecule has 0 aliphatic rings. The number of aromatic carboxylic acids is 1. The molecule has 2 N–H and O–H groups in total. The highest BCUT2D eigenvalue weighted by Crippen LogP contribution is 2.31. The molecular weight excluding hydrogens is 492 g/mol. The highest BCUT2D eigenvalue weighted by molar-refractivity contribution is 6.69. The molecule has 0 bridgehead atoms. The van der Waals surface area contributed by atoms with Crippen molar-refractivity contribution in [1.29, 1.82) is 0 Å². The summed E-state index contributed by atoms with van der Waals surface area (Å²) in [6.07, 6.45) is 8.24. The predicted molar refractivity (Wildman–Crippen MR) is 158 cm³/mol. The monoisotopic (exact) mass is 534 g/mol. The van der Waals surface area contributed by atoms with E-state index in [4.69, 9.17) is 9.47 Å². The third-order valence-corrected chi connectivity index (χ3v) is 8.15. The van der Waals surface area contributed by atoms with Crippen molar-refractivity contribution >= 4 is 14.3 Å². The van der Waals surface area contributed by atoms with Gasteiger partial charge < -0.3 is 19.4 Å². The Labute approximate surface area is 228 Å². The topological polar surface area (TPSA) is 76.0 Å². The number of carbonyl (C=O) groups is 1. The van der Waals surface area contributed by atoms with Crippen LogP contribution in [0.5, 0.6) is 11.5 Å². The van der Waals surface area contributed by atoms with Gasteiger partial charge >= 0.3 is 5.97 Å². The van der Waals surface area contributed by atoms with Crippen molar-refractivity contribution in [1.82, 2.24) is 0 Å². The molecule has 0 unspecified atom stereocenters. The highest BCUT2D eigenvalue weighted by atomic mass is 28.4. The fraction of sp³-hybridized carbons (Fsp3) is 0.406. The van der Waals surface area contributed by atoms with Crippen molar-refractivity contribution in [2.24, 2.45) is 0 Å². The first-order valence-electron chi connectivity index (χ1n) is 13.8. The fourth-order valence-corrected chi connectivity index (χ4v) is 5.40. The van der Waals surface area contributed by atoms with Gasteiger partial charge in [-0.05, 0) is 84.6 Å². The van der Waals surface area contributed by atoms with Gasteiger partial charge in [0, 0.05) is 0 Å². The second-order valence-corrected chi connectivity index (χ2v) is 14.6. The lowest BCUT2D eigenvalue weighted by Gasteiger charge is -2.15. The van der Waals surface area contributed by atoms with E-state index in [9.17, 15) is 14.7 Å². The van der Waals surface area contributed by atoms with Crippen LogP contribution in [0, 0.1) is 0 Å². The molecule has 0 heterocycles. The maximum absolute atomic E-state index is 11.9. The predicted octanol–water partition coefficient (Wildman–Crippen LogP) is 8.42. The van der Waals surface area contributed by atoms with Gasteiger partial charge in [0.05, 0.1) is 18.8 Å². The second-order valence-electron chi connectivity index (χ2n) is 10.5. The number of rotatable bonds is 16. The van der Waals surface area contributed by atoms with Gasteiger partial charge in [-0.1, -0.05) is 75.4 Å². The Morgan fingerprint density at radius 3 is 1.87 bits per heavy atom. The van der Waals surface area contributed by atoms with E-state index in [1.165, 1.54) is 32.1 Å². The van der Waals surface area contributed by atoms with Crippen LogP contribution in [0.15, 0.2) is 66.7 Å². The maximum atomic E-state index is 11.9. The maximum Gasteiger partial charge on any atom is 0.336 e. The van der Waals surface area contributed by atoms with E-state index in [-0.39, 0.29) is 5.56 Å². The van der Waals surface area contributed by atoms with Crippen LogP contribution in [0.2, 0.25) is 19.1 Å². The zero-order valence-corrected chi connectivity index (χ0v) is 24.0. The van der Waals surface area contributed by atoms with Crippen LogP contribution >= 0.6 is 0 Å². The van der Waals surface area contributed by atoms with Gasteiger partial charge in [-0.2, -0.15) is 0 Å². The molecule has 3 aromatic carbocycles. The molecule has 0 radical (unpaired) electrons. The highest BCUT2D eigenvalue weighted by Gasteiger charge is 2.16. The first kappa shape index (κ1) is 29.5. The van der Waals surface area contributed by atoms with Gasteiger partial charge in [0.1, 0.15) is 11.5 Å². The lowest BCUT2D eigenvalue weighted by atomic mass is 9.96. The number of unbranched alkanes of at least 4 members (excludes halogenated alkanes) is 5. The Bertz CT molecular complexity index is 1130. The summed E-state index contributed by atoms with van der Waals surface area (Å²) in [5.41, 5.74) is 3.81. The van der Waals surface area contributed by atoms with Gasteiger partial charge in [-0.3, -0.25) is 0 Å². The molecule has 3 rings (SSSR count). The summed E-state index contributed by atoms with van der Waals surface area (Å²) in [6, 6.07) is 21.9. The van der Waals surface area contributed by atoms with Gasteiger partial charge in [-0.15, -0.1) is 0 Å². The van der Waals surface area contributed by atoms with Crippen molar-refractivity contribution < 1.29 is 24.2 Å². The fourth-order valence-electron chi connectivity index (χ4n) is 4.39. The van der Waals surface area contributed by atoms with E-state index in [0.717, 1.165) is 47.9 Å². The summed E-state index contributed by atoms with van der Waals surface area (Å²) in [7, 11) is -2.10. The Morgan fingerprint density at radius 2 is 1.24 bits per heavy atom. The van der Waals surface area contributed by atoms with Crippen molar-refractivity contribution in [3.05, 3.63) is 72.3 Å². The number of hydrogen-bond donors (Lipinski definition) is 2. The quantitative estimate of drug-likeness (QED) is 0.142. The number of carboxylic acids is 1. The van der Waals surface area contributed by atoms with Crippen LogP contribution in [0.4, 0.5) is 0 Å². The minimum atomic E-state index is -2.10. The van der Waals surface area contributed by atoms with Crippen LogP contribution < -0.4 is 9.47 Å². The Kier molecular flexibility index (Phi) is 11.4. The summed E-state index contributed by atoms with van der Waals surface area (Å²) in [5, 5.41) is 9.73. The molecule has 0 aliphatic heterocycles. The van der Waals surface area contributed by atoms with E-state index in [0.29, 0.717) is 17.9 Å². The molecular formula is C32H42O5Si. The Hall–Kier alpha value is -3.09. The van der Waals surface area contributed by atoms with E-state index >= 15 is 0 Å². The molecule has 0 fully saturated rings. The zero-order valence-electron chi connectivity index (χ0n) is 23.0. The van der Waals surface area contributed by atoms with Gasteiger partial charge in [-0.25, -0.2) is 4.79 Å². The Morgan fingerprint density at radius 1 is 0.711 bits per heavy atom. The van der Waals surface area contributed by atoms with Crippen LogP contribution in [0.3, 0.4) is 0 Å². The van der Waals surface area contributed by atoms with Crippen molar-refractivity contribution in [3.8, 4) is 33.8 Å². The van der Waals surface area contributed by atoms with Crippen molar-refractivity contribution in [2.45, 2.75) is 71.0 Å². The van der Waals surface area contributed by atoms with E-state index in [1.807, 2.05) is 49.5 Å². The standard InChI is InChI=1S/C32H42O5Si/c1-4-5-6-7-8-9-21-36-28-17-15-26(16-18-28)25-11-13-27(14-12-25)31-24-29(19-20-30(31)32(33)34)37-22-10-23-38(2,3)35/h11-20,24,35H,4-10,21-23H2,1-3H3,(H,33,34). The third kappa shape index (κ3) is 9.65. The average molecular weight is 535 g/mol. The van der Waals surface area contributed by atoms with Crippen LogP contribution in [-0.4, -0.2) is 37.4 Å². The molecule has 3 aromatic rings. The van der Waals surface area contributed by atoms with Gasteiger partial charge in [0.2, 0.25) is 0 Å². The lowest BCUT2D eigenvalue weighted by Crippen LogP contribution is -2.25. The third-order valence-electron chi connectivity index (χ3n) is 6.57. The number of hydrogen-bond acceptors (Lipinski definition) is 4. The number of benzene rings is 3. The smallest absolute Gasteiger partial charge is 0.336 e. The first-order valence-corrected chi connectivity index (χ1v) is 17.0. The largest absolute Gasteiger partial charge is 0.494 e. The molecule has 0 aliphatic carbocycles. The summed E-state index contributed by atoms with van der Waals surface area (Å²) in [6.45, 7) is 7.29. The summed E-state index contributed by atoms with van der Waals surface area (Å²) < 4.78 is 11.8. The van der Waals surface area contributed by atoms with Crippen molar-refractivity contribution in [3.63, 3.8) is 0 Å². The summed E-state index contributed by atoms with van der Waals surface area (Å²) in [5.74, 6) is 0.537.